The Morgan fingerprint density at radius 1 is 0.258 bits per heavy atom. The van der Waals surface area contributed by atoms with E-state index in [-0.39, 0.29) is 0 Å². The lowest BCUT2D eigenvalue weighted by Gasteiger charge is -2.29. The number of aromatic nitrogens is 1. The Morgan fingerprint density at radius 2 is 0.758 bits per heavy atom. The van der Waals surface area contributed by atoms with Crippen molar-refractivity contribution < 1.29 is 0 Å². The summed E-state index contributed by atoms with van der Waals surface area (Å²) in [6, 6.07) is 97.0. The number of nitrogens with zero attached hydrogens (tertiary/aromatic N) is 2. The number of hydrogen-bond donors (Lipinski definition) is 0. The molecule has 310 valence electrons. The molecular formula is C64H44N2. The summed E-state index contributed by atoms with van der Waals surface area (Å²) in [5.74, 6) is 0. The summed E-state index contributed by atoms with van der Waals surface area (Å²) >= 11 is 0. The van der Waals surface area contributed by atoms with Gasteiger partial charge in [0.1, 0.15) is 0 Å². The van der Waals surface area contributed by atoms with Crippen LogP contribution in [0.15, 0.2) is 267 Å². The molecule has 0 saturated heterocycles. The van der Waals surface area contributed by atoms with Gasteiger partial charge in [-0.15, -0.1) is 0 Å². The zero-order chi connectivity index (χ0) is 43.8. The molecular weight excluding hydrogens is 797 g/mol. The van der Waals surface area contributed by atoms with Gasteiger partial charge >= 0.3 is 0 Å². The molecule has 11 aromatic carbocycles. The van der Waals surface area contributed by atoms with E-state index in [0.29, 0.717) is 0 Å². The van der Waals surface area contributed by atoms with Crippen molar-refractivity contribution in [2.75, 3.05) is 4.90 Å². The molecule has 0 aliphatic heterocycles. The summed E-state index contributed by atoms with van der Waals surface area (Å²) in [6.07, 6.45) is 0. The molecule has 0 N–H and O–H groups in total. The topological polar surface area (TPSA) is 8.17 Å². The monoisotopic (exact) mass is 840 g/mol. The van der Waals surface area contributed by atoms with Gasteiger partial charge in [-0.1, -0.05) is 206 Å². The molecule has 0 spiro atoms. The molecule has 0 aliphatic rings. The SMILES string of the molecule is c1ccc(-c2ccc(N(c3cccc(-c4ccc(-c5ccc6ccccc6c5)cc4)c3)c3ccc(-c4ccccc4-n4c5ccccc5c5ccccc54)cc3-c3ccccc3)cc2)cc1. The molecule has 0 saturated carbocycles. The first-order valence-electron chi connectivity index (χ1n) is 22.7. The van der Waals surface area contributed by atoms with E-state index in [4.69, 9.17) is 0 Å². The summed E-state index contributed by atoms with van der Waals surface area (Å²) in [6.45, 7) is 0. The zero-order valence-electron chi connectivity index (χ0n) is 36.3. The number of hydrogen-bond acceptors (Lipinski definition) is 1. The van der Waals surface area contributed by atoms with Crippen molar-refractivity contribution >= 4 is 49.6 Å². The van der Waals surface area contributed by atoms with Crippen LogP contribution in [-0.4, -0.2) is 4.57 Å². The first-order valence-corrected chi connectivity index (χ1v) is 22.7. The smallest absolute Gasteiger partial charge is 0.0541 e. The van der Waals surface area contributed by atoms with Crippen LogP contribution in [0.3, 0.4) is 0 Å². The molecule has 0 aliphatic carbocycles. The van der Waals surface area contributed by atoms with Crippen LogP contribution in [0.25, 0.3) is 93.9 Å². The van der Waals surface area contributed by atoms with E-state index in [9.17, 15) is 0 Å². The van der Waals surface area contributed by atoms with Crippen molar-refractivity contribution in [2.24, 2.45) is 0 Å². The molecule has 0 fully saturated rings. The third-order valence-corrected chi connectivity index (χ3v) is 13.0. The molecule has 0 unspecified atom stereocenters. The van der Waals surface area contributed by atoms with Gasteiger partial charge in [-0.05, 0) is 116 Å². The third kappa shape index (κ3) is 7.12. The number of fused-ring (bicyclic) bond motifs is 4. The van der Waals surface area contributed by atoms with Gasteiger partial charge in [0, 0.05) is 33.3 Å². The van der Waals surface area contributed by atoms with Crippen molar-refractivity contribution in [1.29, 1.82) is 0 Å². The maximum Gasteiger partial charge on any atom is 0.0541 e. The van der Waals surface area contributed by atoms with E-state index in [1.165, 1.54) is 66.0 Å². The Balaban J connectivity index is 1.00. The number of para-hydroxylation sites is 3. The molecule has 0 amide bonds. The summed E-state index contributed by atoms with van der Waals surface area (Å²) in [7, 11) is 0. The standard InChI is InChI=1S/C64H44N2/c1-3-16-45(17-4-1)47-36-39-55(40-37-47)65(56-23-15-22-52(43-56)48-30-32-49(33-31-48)53-35-34-46-18-7-8-21-51(46)42-53)64-41-38-54(44-60(64)50-19-5-2-6-20-50)57-24-9-12-27-61(57)66-62-28-13-10-25-58(62)59-26-11-14-29-63(59)66/h1-44H. The highest BCUT2D eigenvalue weighted by Crippen LogP contribution is 2.45. The molecule has 2 heteroatoms. The second kappa shape index (κ2) is 16.8. The Labute approximate surface area is 385 Å². The fourth-order valence-electron chi connectivity index (χ4n) is 9.75. The van der Waals surface area contributed by atoms with Crippen LogP contribution in [0.5, 0.6) is 0 Å². The van der Waals surface area contributed by atoms with Crippen molar-refractivity contribution in [1.82, 2.24) is 4.57 Å². The van der Waals surface area contributed by atoms with Crippen LogP contribution in [-0.2, 0) is 0 Å². The second-order valence-corrected chi connectivity index (χ2v) is 16.9. The third-order valence-electron chi connectivity index (χ3n) is 13.0. The first-order chi connectivity index (χ1) is 32.7. The van der Waals surface area contributed by atoms with E-state index in [1.807, 2.05) is 0 Å². The average molecular weight is 841 g/mol. The quantitative estimate of drug-likeness (QED) is 0.141. The molecule has 0 bridgehead atoms. The van der Waals surface area contributed by atoms with E-state index in [2.05, 4.69) is 276 Å². The highest BCUT2D eigenvalue weighted by molar-refractivity contribution is 6.10. The van der Waals surface area contributed by atoms with E-state index >= 15 is 0 Å². The van der Waals surface area contributed by atoms with Gasteiger partial charge in [-0.3, -0.25) is 0 Å². The van der Waals surface area contributed by atoms with Crippen LogP contribution in [0.2, 0.25) is 0 Å². The van der Waals surface area contributed by atoms with Gasteiger partial charge < -0.3 is 9.47 Å². The van der Waals surface area contributed by atoms with Gasteiger partial charge in [0.05, 0.1) is 22.4 Å². The number of benzene rings is 11. The summed E-state index contributed by atoms with van der Waals surface area (Å²) in [5.41, 5.74) is 18.5. The van der Waals surface area contributed by atoms with Gasteiger partial charge in [-0.25, -0.2) is 0 Å². The van der Waals surface area contributed by atoms with Crippen LogP contribution in [0, 0.1) is 0 Å². The highest BCUT2D eigenvalue weighted by atomic mass is 15.1. The summed E-state index contributed by atoms with van der Waals surface area (Å²) in [4.78, 5) is 2.42. The number of anilines is 3. The fraction of sp³-hybridized carbons (Fsp3) is 0. The maximum absolute atomic E-state index is 2.43. The lowest BCUT2D eigenvalue weighted by atomic mass is 9.94. The molecule has 66 heavy (non-hydrogen) atoms. The maximum atomic E-state index is 2.43. The first kappa shape index (κ1) is 38.9. The van der Waals surface area contributed by atoms with Crippen molar-refractivity contribution in [3.05, 3.63) is 267 Å². The largest absolute Gasteiger partial charge is 0.310 e. The second-order valence-electron chi connectivity index (χ2n) is 16.9. The summed E-state index contributed by atoms with van der Waals surface area (Å²) in [5, 5.41) is 5.00. The van der Waals surface area contributed by atoms with Crippen molar-refractivity contribution in [3.63, 3.8) is 0 Å². The lowest BCUT2D eigenvalue weighted by Crippen LogP contribution is -2.11. The molecule has 2 nitrogen and oxygen atoms in total. The van der Waals surface area contributed by atoms with Gasteiger partial charge in [0.2, 0.25) is 0 Å². The Hall–Kier alpha value is -8.72. The van der Waals surface area contributed by atoms with Crippen LogP contribution in [0.4, 0.5) is 17.1 Å². The average Bonchev–Trinajstić information content (AvgIpc) is 3.74. The van der Waals surface area contributed by atoms with E-state index < -0.39 is 0 Å². The summed E-state index contributed by atoms with van der Waals surface area (Å²) < 4.78 is 2.43. The normalized spacial score (nSPS) is 11.3. The van der Waals surface area contributed by atoms with Crippen molar-refractivity contribution in [3.8, 4) is 61.3 Å². The molecule has 1 aromatic heterocycles. The molecule has 1 heterocycles. The Kier molecular flexibility index (Phi) is 9.89. The predicted molar refractivity (Wildman–Crippen MR) is 280 cm³/mol. The van der Waals surface area contributed by atoms with Gasteiger partial charge in [0.25, 0.3) is 0 Å². The number of rotatable bonds is 9. The van der Waals surface area contributed by atoms with E-state index in [1.54, 1.807) is 0 Å². The van der Waals surface area contributed by atoms with Crippen LogP contribution < -0.4 is 4.90 Å². The minimum Gasteiger partial charge on any atom is -0.310 e. The lowest BCUT2D eigenvalue weighted by molar-refractivity contribution is 1.18. The highest BCUT2D eigenvalue weighted by Gasteiger charge is 2.21. The molecule has 12 aromatic rings. The molecule has 0 radical (unpaired) electrons. The van der Waals surface area contributed by atoms with Gasteiger partial charge in [-0.2, -0.15) is 0 Å². The van der Waals surface area contributed by atoms with Gasteiger partial charge in [0.15, 0.2) is 0 Å². The fourth-order valence-corrected chi connectivity index (χ4v) is 9.75. The minimum atomic E-state index is 1.08. The minimum absolute atomic E-state index is 1.08. The zero-order valence-corrected chi connectivity index (χ0v) is 36.3. The Bertz CT molecular complexity index is 3630. The van der Waals surface area contributed by atoms with E-state index in [0.717, 1.165) is 45.0 Å². The molecule has 12 rings (SSSR count). The predicted octanol–water partition coefficient (Wildman–Crippen LogP) is 17.7. The van der Waals surface area contributed by atoms with Crippen LogP contribution in [0.1, 0.15) is 0 Å². The van der Waals surface area contributed by atoms with Crippen LogP contribution >= 0.6 is 0 Å². The molecule has 0 atom stereocenters. The van der Waals surface area contributed by atoms with Crippen molar-refractivity contribution in [2.45, 2.75) is 0 Å². The Morgan fingerprint density at radius 3 is 1.47 bits per heavy atom.